The lowest BCUT2D eigenvalue weighted by atomic mass is 10.1. The Kier molecular flexibility index (Phi) is 4.63. The fourth-order valence-corrected chi connectivity index (χ4v) is 3.74. The number of pyridine rings is 1. The third kappa shape index (κ3) is 3.56. The van der Waals surface area contributed by atoms with Crippen LogP contribution in [0.2, 0.25) is 5.02 Å². The lowest BCUT2D eigenvalue weighted by Crippen LogP contribution is -2.11. The van der Waals surface area contributed by atoms with Crippen molar-refractivity contribution >= 4 is 45.1 Å². The Morgan fingerprint density at radius 2 is 2.11 bits per heavy atom. The summed E-state index contributed by atoms with van der Waals surface area (Å²) < 4.78 is 5.07. The second-order valence-corrected chi connectivity index (χ2v) is 7.65. The van der Waals surface area contributed by atoms with E-state index in [1.165, 1.54) is 17.5 Å². The highest BCUT2D eigenvalue weighted by molar-refractivity contribution is 7.15. The zero-order valence-electron chi connectivity index (χ0n) is 14.6. The van der Waals surface area contributed by atoms with Crippen LogP contribution in [0.15, 0.2) is 41.2 Å². The number of carbonyl (C=O) groups is 1. The molecule has 0 aliphatic heterocycles. The van der Waals surface area contributed by atoms with Gasteiger partial charge in [0.25, 0.3) is 11.6 Å². The number of anilines is 1. The largest absolute Gasteiger partial charge is 0.336 e. The van der Waals surface area contributed by atoms with Gasteiger partial charge in [0, 0.05) is 28.7 Å². The molecule has 136 valence electrons. The summed E-state index contributed by atoms with van der Waals surface area (Å²) in [5.74, 6) is -0.278. The second kappa shape index (κ2) is 7.09. The zero-order valence-corrected chi connectivity index (χ0v) is 16.2. The lowest BCUT2D eigenvalue weighted by molar-refractivity contribution is 0.102. The SMILES string of the molecule is Cc1cccc(Cc2cnc(NC(=O)c3cnc4onc(C)c4c3)s2)c1Cl. The van der Waals surface area contributed by atoms with Gasteiger partial charge < -0.3 is 4.52 Å². The molecule has 0 aliphatic carbocycles. The van der Waals surface area contributed by atoms with Crippen LogP contribution in [-0.2, 0) is 6.42 Å². The zero-order chi connectivity index (χ0) is 19.0. The number of nitrogens with one attached hydrogen (secondary N) is 1. The number of halogens is 1. The Labute approximate surface area is 164 Å². The van der Waals surface area contributed by atoms with E-state index in [9.17, 15) is 4.79 Å². The quantitative estimate of drug-likeness (QED) is 0.534. The first-order chi connectivity index (χ1) is 13.0. The summed E-state index contributed by atoms with van der Waals surface area (Å²) in [6.45, 7) is 3.78. The van der Waals surface area contributed by atoms with Crippen molar-refractivity contribution in [2.45, 2.75) is 20.3 Å². The minimum absolute atomic E-state index is 0.278. The van der Waals surface area contributed by atoms with E-state index in [4.69, 9.17) is 16.1 Å². The van der Waals surface area contributed by atoms with Crippen molar-refractivity contribution < 1.29 is 9.32 Å². The van der Waals surface area contributed by atoms with Crippen LogP contribution in [0.4, 0.5) is 5.13 Å². The summed E-state index contributed by atoms with van der Waals surface area (Å²) in [4.78, 5) is 21.9. The van der Waals surface area contributed by atoms with Gasteiger partial charge in [0.15, 0.2) is 5.13 Å². The monoisotopic (exact) mass is 398 g/mol. The van der Waals surface area contributed by atoms with E-state index in [0.29, 0.717) is 28.5 Å². The first-order valence-electron chi connectivity index (χ1n) is 8.23. The fourth-order valence-electron chi connectivity index (χ4n) is 2.72. The number of amides is 1. The van der Waals surface area contributed by atoms with E-state index >= 15 is 0 Å². The van der Waals surface area contributed by atoms with Crippen LogP contribution in [0.5, 0.6) is 0 Å². The van der Waals surface area contributed by atoms with Gasteiger partial charge in [-0.25, -0.2) is 9.97 Å². The molecule has 3 aromatic heterocycles. The topological polar surface area (TPSA) is 80.9 Å². The third-order valence-corrected chi connectivity index (χ3v) is 5.64. The maximum atomic E-state index is 12.5. The average Bonchev–Trinajstić information content (AvgIpc) is 3.25. The summed E-state index contributed by atoms with van der Waals surface area (Å²) in [5.41, 5.74) is 3.61. The van der Waals surface area contributed by atoms with Crippen LogP contribution < -0.4 is 5.32 Å². The van der Waals surface area contributed by atoms with Crippen LogP contribution in [-0.4, -0.2) is 21.0 Å². The number of aromatic nitrogens is 3. The summed E-state index contributed by atoms with van der Waals surface area (Å²) in [5, 5.41) is 8.67. The first-order valence-corrected chi connectivity index (χ1v) is 9.43. The second-order valence-electron chi connectivity index (χ2n) is 6.16. The van der Waals surface area contributed by atoms with Crippen molar-refractivity contribution in [1.82, 2.24) is 15.1 Å². The van der Waals surface area contributed by atoms with E-state index in [1.807, 2.05) is 25.1 Å². The molecule has 0 unspecified atom stereocenters. The summed E-state index contributed by atoms with van der Waals surface area (Å²) in [6.07, 6.45) is 3.88. The number of aryl methyl sites for hydroxylation is 2. The molecule has 0 radical (unpaired) electrons. The van der Waals surface area contributed by atoms with Crippen LogP contribution >= 0.6 is 22.9 Å². The highest BCUT2D eigenvalue weighted by Gasteiger charge is 2.14. The van der Waals surface area contributed by atoms with Gasteiger partial charge in [-0.1, -0.05) is 35.0 Å². The van der Waals surface area contributed by atoms with E-state index in [2.05, 4.69) is 20.4 Å². The van der Waals surface area contributed by atoms with Gasteiger partial charge >= 0.3 is 0 Å². The maximum absolute atomic E-state index is 12.5. The van der Waals surface area contributed by atoms with Crippen molar-refractivity contribution in [3.05, 3.63) is 68.9 Å². The minimum Gasteiger partial charge on any atom is -0.336 e. The molecule has 8 heteroatoms. The average molecular weight is 399 g/mol. The molecule has 0 bridgehead atoms. The molecule has 1 N–H and O–H groups in total. The van der Waals surface area contributed by atoms with Gasteiger partial charge in [0.1, 0.15) is 0 Å². The van der Waals surface area contributed by atoms with E-state index in [-0.39, 0.29) is 5.91 Å². The molecule has 1 aromatic carbocycles. The molecule has 4 rings (SSSR count). The normalized spacial score (nSPS) is 11.1. The van der Waals surface area contributed by atoms with E-state index in [0.717, 1.165) is 26.4 Å². The molecular formula is C19H15ClN4O2S. The van der Waals surface area contributed by atoms with Crippen LogP contribution in [0.1, 0.15) is 32.1 Å². The fraction of sp³-hybridized carbons (Fsp3) is 0.158. The Balaban J connectivity index is 1.50. The van der Waals surface area contributed by atoms with Crippen molar-refractivity contribution in [3.63, 3.8) is 0 Å². The molecule has 0 aliphatic rings. The van der Waals surface area contributed by atoms with Crippen molar-refractivity contribution in [2.75, 3.05) is 5.32 Å². The molecule has 6 nitrogen and oxygen atoms in total. The molecule has 3 heterocycles. The number of rotatable bonds is 4. The number of hydrogen-bond acceptors (Lipinski definition) is 6. The van der Waals surface area contributed by atoms with Gasteiger partial charge in [0.05, 0.1) is 16.6 Å². The molecule has 0 spiro atoms. The highest BCUT2D eigenvalue weighted by Crippen LogP contribution is 2.27. The number of thiazole rings is 1. The molecule has 1 amide bonds. The van der Waals surface area contributed by atoms with Gasteiger partial charge in [-0.2, -0.15) is 0 Å². The van der Waals surface area contributed by atoms with E-state index < -0.39 is 0 Å². The van der Waals surface area contributed by atoms with E-state index in [1.54, 1.807) is 19.2 Å². The highest BCUT2D eigenvalue weighted by atomic mass is 35.5. The number of benzene rings is 1. The van der Waals surface area contributed by atoms with Crippen molar-refractivity contribution in [1.29, 1.82) is 0 Å². The van der Waals surface area contributed by atoms with Gasteiger partial charge in [0.2, 0.25) is 0 Å². The molecule has 0 saturated heterocycles. The lowest BCUT2D eigenvalue weighted by Gasteiger charge is -2.04. The Hall–Kier alpha value is -2.77. The van der Waals surface area contributed by atoms with Gasteiger partial charge in [-0.05, 0) is 31.0 Å². The predicted octanol–water partition coefficient (Wildman–Crippen LogP) is 4.79. The summed E-state index contributed by atoms with van der Waals surface area (Å²) in [6, 6.07) is 7.67. The number of fused-ring (bicyclic) bond motifs is 1. The van der Waals surface area contributed by atoms with Crippen LogP contribution in [0.25, 0.3) is 11.1 Å². The standard InChI is InChI=1S/C19H15ClN4O2S/c1-10-4-3-5-12(16(10)20)6-14-9-22-19(27-14)23-17(25)13-7-15-11(2)24-26-18(15)21-8-13/h3-5,7-9H,6H2,1-2H3,(H,22,23,25). The van der Waals surface area contributed by atoms with Crippen LogP contribution in [0.3, 0.4) is 0 Å². The number of hydrogen-bond donors (Lipinski definition) is 1. The third-order valence-electron chi connectivity index (χ3n) is 4.18. The molecule has 0 atom stereocenters. The van der Waals surface area contributed by atoms with Crippen molar-refractivity contribution in [3.8, 4) is 0 Å². The Morgan fingerprint density at radius 1 is 1.26 bits per heavy atom. The molecule has 27 heavy (non-hydrogen) atoms. The molecule has 0 fully saturated rings. The Morgan fingerprint density at radius 3 is 2.96 bits per heavy atom. The number of carbonyl (C=O) groups excluding carboxylic acids is 1. The van der Waals surface area contributed by atoms with Crippen LogP contribution in [0, 0.1) is 13.8 Å². The Bertz CT molecular complexity index is 1150. The smallest absolute Gasteiger partial charge is 0.259 e. The van der Waals surface area contributed by atoms with Gasteiger partial charge in [-0.15, -0.1) is 11.3 Å². The molecule has 0 saturated carbocycles. The number of nitrogens with zero attached hydrogens (tertiary/aromatic N) is 3. The first kappa shape index (κ1) is 17.6. The van der Waals surface area contributed by atoms with Gasteiger partial charge in [-0.3, -0.25) is 10.1 Å². The minimum atomic E-state index is -0.278. The van der Waals surface area contributed by atoms with Crippen molar-refractivity contribution in [2.24, 2.45) is 0 Å². The predicted molar refractivity (Wildman–Crippen MR) is 106 cm³/mol. The summed E-state index contributed by atoms with van der Waals surface area (Å²) in [7, 11) is 0. The molecule has 4 aromatic rings. The maximum Gasteiger partial charge on any atom is 0.259 e. The molecular weight excluding hydrogens is 384 g/mol. The summed E-state index contributed by atoms with van der Waals surface area (Å²) >= 11 is 7.78.